The Hall–Kier alpha value is -1.13. The molecule has 2 atom stereocenters. The topological polar surface area (TPSA) is 45.1 Å². The van der Waals surface area contributed by atoms with E-state index in [0.29, 0.717) is 6.04 Å². The number of rotatable bonds is 2. The van der Waals surface area contributed by atoms with Crippen molar-refractivity contribution in [1.82, 2.24) is 4.98 Å². The molecule has 2 N–H and O–H groups in total. The lowest BCUT2D eigenvalue weighted by atomic mass is 9.93. The zero-order valence-electron chi connectivity index (χ0n) is 10.6. The average molecular weight is 321 g/mol. The first-order valence-electron chi connectivity index (χ1n) is 6.72. The lowest BCUT2D eigenvalue weighted by Gasteiger charge is -2.28. The lowest BCUT2D eigenvalue weighted by molar-refractivity contribution is 0.124. The Kier molecular flexibility index (Phi) is 3.71. The summed E-state index contributed by atoms with van der Waals surface area (Å²) >= 11 is 3.54. The third-order valence-electron chi connectivity index (χ3n) is 3.73. The molecule has 2 unspecified atom stereocenters. The maximum Gasteiger partial charge on any atom is 0.0864 e. The predicted molar refractivity (Wildman–Crippen MR) is 81.3 cm³/mol. The van der Waals surface area contributed by atoms with E-state index in [1.807, 2.05) is 24.4 Å². The molecule has 19 heavy (non-hydrogen) atoms. The second-order valence-electron chi connectivity index (χ2n) is 5.16. The Balaban J connectivity index is 1.90. The van der Waals surface area contributed by atoms with E-state index in [1.54, 1.807) is 0 Å². The normalized spacial score (nSPS) is 23.5. The second kappa shape index (κ2) is 5.47. The van der Waals surface area contributed by atoms with Crippen molar-refractivity contribution in [3.05, 3.63) is 34.9 Å². The van der Waals surface area contributed by atoms with Crippen LogP contribution in [0.4, 0.5) is 5.69 Å². The average Bonchev–Trinajstić information content (AvgIpc) is 2.40. The molecule has 0 saturated heterocycles. The van der Waals surface area contributed by atoms with E-state index in [9.17, 15) is 5.11 Å². The van der Waals surface area contributed by atoms with Crippen molar-refractivity contribution in [3.63, 3.8) is 0 Å². The largest absolute Gasteiger partial charge is 0.393 e. The number of aliphatic hydroxyl groups is 1. The van der Waals surface area contributed by atoms with Gasteiger partial charge < -0.3 is 10.4 Å². The minimum absolute atomic E-state index is 0.161. The molecular weight excluding hydrogens is 304 g/mol. The number of aromatic nitrogens is 1. The summed E-state index contributed by atoms with van der Waals surface area (Å²) in [5, 5.41) is 14.4. The number of benzene rings is 1. The van der Waals surface area contributed by atoms with Gasteiger partial charge in [-0.2, -0.15) is 0 Å². The fourth-order valence-corrected chi connectivity index (χ4v) is 3.25. The maximum atomic E-state index is 9.76. The zero-order valence-corrected chi connectivity index (χ0v) is 12.2. The molecule has 1 heterocycles. The molecule has 100 valence electrons. The molecule has 1 aromatic heterocycles. The van der Waals surface area contributed by atoms with Gasteiger partial charge in [-0.05, 0) is 53.7 Å². The Morgan fingerprint density at radius 1 is 1.26 bits per heavy atom. The third kappa shape index (κ3) is 2.74. The monoisotopic (exact) mass is 320 g/mol. The number of halogens is 1. The SMILES string of the molecule is OC1CCCC(Nc2ccnc3c(Br)cccc23)C1. The number of nitrogens with one attached hydrogen (secondary N) is 1. The number of para-hydroxylation sites is 1. The Morgan fingerprint density at radius 2 is 2.16 bits per heavy atom. The van der Waals surface area contributed by atoms with Gasteiger partial charge in [0.15, 0.2) is 0 Å². The van der Waals surface area contributed by atoms with E-state index in [-0.39, 0.29) is 6.10 Å². The van der Waals surface area contributed by atoms with E-state index in [4.69, 9.17) is 0 Å². The molecule has 0 amide bonds. The van der Waals surface area contributed by atoms with Crippen LogP contribution in [0.15, 0.2) is 34.9 Å². The van der Waals surface area contributed by atoms with Gasteiger partial charge in [0.2, 0.25) is 0 Å². The lowest BCUT2D eigenvalue weighted by Crippen LogP contribution is -2.29. The van der Waals surface area contributed by atoms with E-state index < -0.39 is 0 Å². The Labute approximate surface area is 121 Å². The molecule has 1 fully saturated rings. The quantitative estimate of drug-likeness (QED) is 0.886. The first-order chi connectivity index (χ1) is 9.24. The number of pyridine rings is 1. The highest BCUT2D eigenvalue weighted by Gasteiger charge is 2.20. The first-order valence-corrected chi connectivity index (χ1v) is 7.51. The van der Waals surface area contributed by atoms with E-state index >= 15 is 0 Å². The summed E-state index contributed by atoms with van der Waals surface area (Å²) in [5.74, 6) is 0. The maximum absolute atomic E-state index is 9.76. The standard InChI is InChI=1S/C15H17BrN2O/c16-13-6-2-5-12-14(7-8-17-15(12)13)18-10-3-1-4-11(19)9-10/h2,5-8,10-11,19H,1,3-4,9H2,(H,17,18). The molecular formula is C15H17BrN2O. The van der Waals surface area contributed by atoms with E-state index in [1.165, 1.54) is 0 Å². The minimum Gasteiger partial charge on any atom is -0.393 e. The molecule has 1 aromatic carbocycles. The van der Waals surface area contributed by atoms with Crippen molar-refractivity contribution in [2.24, 2.45) is 0 Å². The number of anilines is 1. The summed E-state index contributed by atoms with van der Waals surface area (Å²) in [6.07, 6.45) is 5.64. The van der Waals surface area contributed by atoms with Crippen LogP contribution < -0.4 is 5.32 Å². The van der Waals surface area contributed by atoms with E-state index in [2.05, 4.69) is 32.3 Å². The van der Waals surface area contributed by atoms with E-state index in [0.717, 1.165) is 46.7 Å². The Bertz CT molecular complexity index is 587. The third-order valence-corrected chi connectivity index (χ3v) is 4.37. The molecule has 0 spiro atoms. The van der Waals surface area contributed by atoms with Crippen LogP contribution in [0.3, 0.4) is 0 Å². The summed E-state index contributed by atoms with van der Waals surface area (Å²) in [6, 6.07) is 8.47. The number of fused-ring (bicyclic) bond motifs is 1. The van der Waals surface area contributed by atoms with Crippen LogP contribution >= 0.6 is 15.9 Å². The smallest absolute Gasteiger partial charge is 0.0864 e. The van der Waals surface area contributed by atoms with Crippen LogP contribution in [0, 0.1) is 0 Å². The van der Waals surface area contributed by atoms with Gasteiger partial charge in [-0.15, -0.1) is 0 Å². The Morgan fingerprint density at radius 3 is 3.00 bits per heavy atom. The number of hydrogen-bond donors (Lipinski definition) is 2. The summed E-state index contributed by atoms with van der Waals surface area (Å²) in [5.41, 5.74) is 2.08. The second-order valence-corrected chi connectivity index (χ2v) is 6.01. The molecule has 1 aliphatic rings. The molecule has 0 radical (unpaired) electrons. The molecule has 0 aliphatic heterocycles. The molecule has 4 heteroatoms. The van der Waals surface area contributed by atoms with Crippen molar-refractivity contribution < 1.29 is 5.11 Å². The fraction of sp³-hybridized carbons (Fsp3) is 0.400. The summed E-state index contributed by atoms with van der Waals surface area (Å²) in [6.45, 7) is 0. The fourth-order valence-electron chi connectivity index (χ4n) is 2.78. The van der Waals surface area contributed by atoms with Crippen molar-refractivity contribution in [2.45, 2.75) is 37.8 Å². The van der Waals surface area contributed by atoms with Crippen LogP contribution in [-0.2, 0) is 0 Å². The molecule has 2 aromatic rings. The number of nitrogens with zero attached hydrogens (tertiary/aromatic N) is 1. The van der Waals surface area contributed by atoms with Crippen molar-refractivity contribution >= 4 is 32.5 Å². The summed E-state index contributed by atoms with van der Waals surface area (Å²) < 4.78 is 1.01. The van der Waals surface area contributed by atoms with Crippen LogP contribution in [0.5, 0.6) is 0 Å². The zero-order chi connectivity index (χ0) is 13.2. The van der Waals surface area contributed by atoms with Gasteiger partial charge in [0.05, 0.1) is 11.6 Å². The molecule has 3 rings (SSSR count). The van der Waals surface area contributed by atoms with Crippen molar-refractivity contribution in [3.8, 4) is 0 Å². The highest BCUT2D eigenvalue weighted by atomic mass is 79.9. The highest BCUT2D eigenvalue weighted by Crippen LogP contribution is 2.29. The highest BCUT2D eigenvalue weighted by molar-refractivity contribution is 9.10. The molecule has 3 nitrogen and oxygen atoms in total. The van der Waals surface area contributed by atoms with Crippen LogP contribution in [0.1, 0.15) is 25.7 Å². The molecule has 1 saturated carbocycles. The van der Waals surface area contributed by atoms with Crippen molar-refractivity contribution in [2.75, 3.05) is 5.32 Å². The van der Waals surface area contributed by atoms with Gasteiger partial charge in [0.25, 0.3) is 0 Å². The molecule has 1 aliphatic carbocycles. The van der Waals surface area contributed by atoms with Gasteiger partial charge in [-0.25, -0.2) is 0 Å². The number of aliphatic hydroxyl groups excluding tert-OH is 1. The first kappa shape index (κ1) is 12.9. The summed E-state index contributed by atoms with van der Waals surface area (Å²) in [7, 11) is 0. The van der Waals surface area contributed by atoms with Gasteiger partial charge in [-0.3, -0.25) is 4.98 Å². The van der Waals surface area contributed by atoms with Gasteiger partial charge in [0.1, 0.15) is 0 Å². The van der Waals surface area contributed by atoms with Gasteiger partial charge in [0, 0.05) is 27.8 Å². The number of hydrogen-bond acceptors (Lipinski definition) is 3. The minimum atomic E-state index is -0.161. The van der Waals surface area contributed by atoms with Crippen LogP contribution in [-0.4, -0.2) is 22.2 Å². The summed E-state index contributed by atoms with van der Waals surface area (Å²) in [4.78, 5) is 4.41. The van der Waals surface area contributed by atoms with Crippen molar-refractivity contribution in [1.29, 1.82) is 0 Å². The van der Waals surface area contributed by atoms with Crippen LogP contribution in [0.2, 0.25) is 0 Å². The van der Waals surface area contributed by atoms with Gasteiger partial charge >= 0.3 is 0 Å². The van der Waals surface area contributed by atoms with Crippen LogP contribution in [0.25, 0.3) is 10.9 Å². The molecule has 0 bridgehead atoms. The predicted octanol–water partition coefficient (Wildman–Crippen LogP) is 3.71. The van der Waals surface area contributed by atoms with Gasteiger partial charge in [-0.1, -0.05) is 12.1 Å².